The smallest absolute Gasteiger partial charge is 0.140 e. The van der Waals surface area contributed by atoms with Crippen LogP contribution in [0.2, 0.25) is 0 Å². The molecule has 0 saturated heterocycles. The van der Waals surface area contributed by atoms with E-state index >= 15 is 0 Å². The molecule has 0 aromatic heterocycles. The van der Waals surface area contributed by atoms with Gasteiger partial charge in [0.05, 0.1) is 0 Å². The van der Waals surface area contributed by atoms with Crippen molar-refractivity contribution in [1.29, 1.82) is 0 Å². The van der Waals surface area contributed by atoms with Crippen molar-refractivity contribution in [2.75, 3.05) is 6.26 Å². The molecule has 1 unspecified atom stereocenters. The first-order chi connectivity index (χ1) is 9.74. The molecule has 0 fully saturated rings. The molecule has 0 aliphatic heterocycles. The van der Waals surface area contributed by atoms with Crippen molar-refractivity contribution in [3.8, 4) is 11.5 Å². The number of para-hydroxylation sites is 2. The second kappa shape index (κ2) is 7.36. The lowest BCUT2D eigenvalue weighted by Crippen LogP contribution is -2.21. The molecular weight excluding hydrogens is 266 g/mol. The summed E-state index contributed by atoms with van der Waals surface area (Å²) in [5, 5.41) is 0. The van der Waals surface area contributed by atoms with Gasteiger partial charge in [0.1, 0.15) is 11.5 Å². The SMILES string of the molecule is CCC(N)Cc1ccccc1Oc1ccccc1SC. The Kier molecular flexibility index (Phi) is 5.50. The fourth-order valence-electron chi connectivity index (χ4n) is 2.02. The number of hydrogen-bond donors (Lipinski definition) is 1. The van der Waals surface area contributed by atoms with E-state index in [1.165, 1.54) is 0 Å². The van der Waals surface area contributed by atoms with Crippen molar-refractivity contribution in [3.63, 3.8) is 0 Å². The highest BCUT2D eigenvalue weighted by atomic mass is 32.2. The highest BCUT2D eigenvalue weighted by Crippen LogP contribution is 2.33. The standard InChI is InChI=1S/C17H21NOS/c1-3-14(18)12-13-8-4-5-9-15(13)19-16-10-6-7-11-17(16)20-2/h4-11,14H,3,12,18H2,1-2H3. The number of benzene rings is 2. The fraction of sp³-hybridized carbons (Fsp3) is 0.294. The number of nitrogens with two attached hydrogens (primary N) is 1. The average molecular weight is 287 g/mol. The normalized spacial score (nSPS) is 12.2. The molecule has 0 bridgehead atoms. The van der Waals surface area contributed by atoms with E-state index in [9.17, 15) is 0 Å². The predicted molar refractivity (Wildman–Crippen MR) is 86.7 cm³/mol. The predicted octanol–water partition coefficient (Wildman–Crippen LogP) is 4.48. The third kappa shape index (κ3) is 3.78. The molecule has 20 heavy (non-hydrogen) atoms. The Morgan fingerprint density at radius 2 is 1.70 bits per heavy atom. The summed E-state index contributed by atoms with van der Waals surface area (Å²) in [6, 6.07) is 16.4. The van der Waals surface area contributed by atoms with Crippen molar-refractivity contribution >= 4 is 11.8 Å². The molecule has 2 N–H and O–H groups in total. The molecule has 2 rings (SSSR count). The fourth-order valence-corrected chi connectivity index (χ4v) is 2.55. The van der Waals surface area contributed by atoms with Crippen LogP contribution in [0, 0.1) is 0 Å². The molecule has 0 aliphatic rings. The third-order valence-corrected chi connectivity index (χ3v) is 4.05. The van der Waals surface area contributed by atoms with Gasteiger partial charge in [-0.15, -0.1) is 11.8 Å². The van der Waals surface area contributed by atoms with Crippen LogP contribution in [-0.2, 0) is 6.42 Å². The van der Waals surface area contributed by atoms with Crippen LogP contribution >= 0.6 is 11.8 Å². The summed E-state index contributed by atoms with van der Waals surface area (Å²) in [4.78, 5) is 1.14. The van der Waals surface area contributed by atoms with Gasteiger partial charge >= 0.3 is 0 Å². The Labute approximate surface area is 125 Å². The van der Waals surface area contributed by atoms with Crippen LogP contribution in [0.15, 0.2) is 53.4 Å². The van der Waals surface area contributed by atoms with E-state index in [1.54, 1.807) is 11.8 Å². The van der Waals surface area contributed by atoms with Crippen molar-refractivity contribution in [2.45, 2.75) is 30.7 Å². The summed E-state index contributed by atoms with van der Waals surface area (Å²) in [6.45, 7) is 2.11. The van der Waals surface area contributed by atoms with Gasteiger partial charge in [0.25, 0.3) is 0 Å². The Morgan fingerprint density at radius 3 is 2.40 bits per heavy atom. The van der Waals surface area contributed by atoms with Gasteiger partial charge in [-0.25, -0.2) is 0 Å². The van der Waals surface area contributed by atoms with Gasteiger partial charge in [0.15, 0.2) is 0 Å². The zero-order valence-corrected chi connectivity index (χ0v) is 12.8. The first kappa shape index (κ1) is 14.9. The molecule has 0 heterocycles. The van der Waals surface area contributed by atoms with E-state index in [1.807, 2.05) is 36.4 Å². The van der Waals surface area contributed by atoms with Crippen LogP contribution < -0.4 is 10.5 Å². The lowest BCUT2D eigenvalue weighted by atomic mass is 10.0. The molecule has 0 saturated carbocycles. The average Bonchev–Trinajstić information content (AvgIpc) is 2.49. The van der Waals surface area contributed by atoms with Gasteiger partial charge in [0, 0.05) is 10.9 Å². The summed E-state index contributed by atoms with van der Waals surface area (Å²) in [7, 11) is 0. The lowest BCUT2D eigenvalue weighted by Gasteiger charge is -2.15. The molecular formula is C17H21NOS. The summed E-state index contributed by atoms with van der Waals surface area (Å²) < 4.78 is 6.10. The molecule has 0 radical (unpaired) electrons. The largest absolute Gasteiger partial charge is 0.456 e. The van der Waals surface area contributed by atoms with Gasteiger partial charge in [0.2, 0.25) is 0 Å². The number of rotatable bonds is 6. The quantitative estimate of drug-likeness (QED) is 0.796. The highest BCUT2D eigenvalue weighted by Gasteiger charge is 2.10. The molecule has 2 nitrogen and oxygen atoms in total. The molecule has 2 aromatic rings. The summed E-state index contributed by atoms with van der Waals surface area (Å²) in [5.74, 6) is 1.80. The van der Waals surface area contributed by atoms with Crippen molar-refractivity contribution in [3.05, 3.63) is 54.1 Å². The van der Waals surface area contributed by atoms with E-state index in [-0.39, 0.29) is 6.04 Å². The Hall–Kier alpha value is -1.45. The number of thioether (sulfide) groups is 1. The molecule has 0 aliphatic carbocycles. The highest BCUT2D eigenvalue weighted by molar-refractivity contribution is 7.98. The zero-order chi connectivity index (χ0) is 14.4. The first-order valence-corrected chi connectivity index (χ1v) is 8.11. The van der Waals surface area contributed by atoms with Gasteiger partial charge in [-0.2, -0.15) is 0 Å². The zero-order valence-electron chi connectivity index (χ0n) is 12.0. The molecule has 1 atom stereocenters. The molecule has 106 valence electrons. The van der Waals surface area contributed by atoms with Gasteiger partial charge in [-0.05, 0) is 42.9 Å². The third-order valence-electron chi connectivity index (χ3n) is 3.27. The van der Waals surface area contributed by atoms with Crippen LogP contribution in [0.3, 0.4) is 0 Å². The molecule has 0 spiro atoms. The summed E-state index contributed by atoms with van der Waals surface area (Å²) >= 11 is 1.69. The van der Waals surface area contributed by atoms with E-state index in [0.717, 1.165) is 34.8 Å². The Morgan fingerprint density at radius 1 is 1.05 bits per heavy atom. The molecule has 0 amide bonds. The van der Waals surface area contributed by atoms with Crippen LogP contribution in [-0.4, -0.2) is 12.3 Å². The minimum absolute atomic E-state index is 0.176. The maximum absolute atomic E-state index is 6.10. The first-order valence-electron chi connectivity index (χ1n) is 6.89. The van der Waals surface area contributed by atoms with E-state index in [0.29, 0.717) is 0 Å². The lowest BCUT2D eigenvalue weighted by molar-refractivity contribution is 0.461. The van der Waals surface area contributed by atoms with Crippen LogP contribution in [0.25, 0.3) is 0 Å². The number of ether oxygens (including phenoxy) is 1. The molecule has 3 heteroatoms. The van der Waals surface area contributed by atoms with Gasteiger partial charge in [-0.3, -0.25) is 0 Å². The minimum Gasteiger partial charge on any atom is -0.456 e. The maximum atomic E-state index is 6.10. The van der Waals surface area contributed by atoms with Crippen LogP contribution in [0.4, 0.5) is 0 Å². The monoisotopic (exact) mass is 287 g/mol. The van der Waals surface area contributed by atoms with Crippen LogP contribution in [0.1, 0.15) is 18.9 Å². The minimum atomic E-state index is 0.176. The Bertz CT molecular complexity index is 556. The topological polar surface area (TPSA) is 35.2 Å². The van der Waals surface area contributed by atoms with E-state index in [2.05, 4.69) is 25.3 Å². The van der Waals surface area contributed by atoms with Gasteiger partial charge in [-0.1, -0.05) is 37.3 Å². The maximum Gasteiger partial charge on any atom is 0.140 e. The molecule has 2 aromatic carbocycles. The van der Waals surface area contributed by atoms with Crippen molar-refractivity contribution in [2.24, 2.45) is 5.73 Å². The van der Waals surface area contributed by atoms with Gasteiger partial charge < -0.3 is 10.5 Å². The van der Waals surface area contributed by atoms with Crippen LogP contribution in [0.5, 0.6) is 11.5 Å². The summed E-state index contributed by atoms with van der Waals surface area (Å²) in [5.41, 5.74) is 7.23. The second-order valence-electron chi connectivity index (χ2n) is 4.73. The Balaban J connectivity index is 2.24. The van der Waals surface area contributed by atoms with Crippen molar-refractivity contribution in [1.82, 2.24) is 0 Å². The van der Waals surface area contributed by atoms with Crippen molar-refractivity contribution < 1.29 is 4.74 Å². The second-order valence-corrected chi connectivity index (χ2v) is 5.58. The van der Waals surface area contributed by atoms with E-state index in [4.69, 9.17) is 10.5 Å². The summed E-state index contributed by atoms with van der Waals surface area (Å²) in [6.07, 6.45) is 3.87. The van der Waals surface area contributed by atoms with E-state index < -0.39 is 0 Å². The number of hydrogen-bond acceptors (Lipinski definition) is 3.